The van der Waals surface area contributed by atoms with Crippen LogP contribution < -0.4 is 4.83 Å². The quantitative estimate of drug-likeness (QED) is 0.585. The van der Waals surface area contributed by atoms with E-state index in [1.807, 2.05) is 45.9 Å². The highest BCUT2D eigenvalue weighted by Gasteiger charge is 2.27. The van der Waals surface area contributed by atoms with Crippen LogP contribution in [0.15, 0.2) is 34.3 Å². The normalized spacial score (nSPS) is 18.5. The molecule has 0 bridgehead atoms. The number of hydrogen-bond acceptors (Lipinski definition) is 3. The Labute approximate surface area is 171 Å². The van der Waals surface area contributed by atoms with E-state index in [0.29, 0.717) is 10.8 Å². The minimum atomic E-state index is -3.76. The van der Waals surface area contributed by atoms with E-state index in [0.717, 1.165) is 29.7 Å². The average Bonchev–Trinajstić information content (AvgIpc) is 2.57. The summed E-state index contributed by atoms with van der Waals surface area (Å²) in [6.45, 7) is 16.8. The first-order valence-corrected chi connectivity index (χ1v) is 11.7. The van der Waals surface area contributed by atoms with Crippen LogP contribution in [0.25, 0.3) is 0 Å². The molecule has 156 valence electrons. The van der Waals surface area contributed by atoms with Gasteiger partial charge in [0.05, 0.1) is 10.6 Å². The highest BCUT2D eigenvalue weighted by molar-refractivity contribution is 7.89. The Morgan fingerprint density at radius 2 is 1.50 bits per heavy atom. The Balaban J connectivity index is 2.55. The maximum atomic E-state index is 13.3. The second kappa shape index (κ2) is 8.40. The van der Waals surface area contributed by atoms with Crippen molar-refractivity contribution in [2.75, 3.05) is 0 Å². The first-order valence-electron chi connectivity index (χ1n) is 10.3. The zero-order chi connectivity index (χ0) is 21.3. The van der Waals surface area contributed by atoms with Crippen LogP contribution in [0.5, 0.6) is 0 Å². The molecule has 5 heteroatoms. The van der Waals surface area contributed by atoms with Crippen molar-refractivity contribution in [2.45, 2.75) is 90.9 Å². The van der Waals surface area contributed by atoms with E-state index < -0.39 is 10.0 Å². The number of nitrogens with one attached hydrogen (secondary N) is 1. The molecule has 0 aliphatic heterocycles. The summed E-state index contributed by atoms with van der Waals surface area (Å²) in [4.78, 5) is 2.92. The smallest absolute Gasteiger partial charge is 0.200 e. The number of sulfonamides is 1. The van der Waals surface area contributed by atoms with E-state index >= 15 is 0 Å². The molecular formula is C23H36N2O2S. The monoisotopic (exact) mass is 404 g/mol. The second-order valence-electron chi connectivity index (χ2n) is 9.64. The van der Waals surface area contributed by atoms with Gasteiger partial charge in [0.25, 0.3) is 10.0 Å². The Morgan fingerprint density at radius 3 is 1.93 bits per heavy atom. The number of allylic oxidation sites excluding steroid dienone is 2. The molecule has 0 heterocycles. The molecule has 0 saturated carbocycles. The molecule has 0 atom stereocenters. The molecule has 1 aromatic carbocycles. The van der Waals surface area contributed by atoms with Crippen molar-refractivity contribution in [3.63, 3.8) is 0 Å². The van der Waals surface area contributed by atoms with E-state index in [1.54, 1.807) is 0 Å². The lowest BCUT2D eigenvalue weighted by atomic mass is 9.80. The molecule has 0 fully saturated rings. The van der Waals surface area contributed by atoms with Crippen LogP contribution in [-0.2, 0) is 10.0 Å². The van der Waals surface area contributed by atoms with Crippen molar-refractivity contribution < 1.29 is 8.42 Å². The Kier molecular flexibility index (Phi) is 6.80. The van der Waals surface area contributed by atoms with Crippen LogP contribution in [0.1, 0.15) is 103 Å². The number of hydrogen-bond donors (Lipinski definition) is 1. The number of hydrazone groups is 1. The van der Waals surface area contributed by atoms with Gasteiger partial charge in [-0.1, -0.05) is 73.6 Å². The van der Waals surface area contributed by atoms with Crippen molar-refractivity contribution in [2.24, 2.45) is 10.5 Å². The molecule has 0 saturated heterocycles. The van der Waals surface area contributed by atoms with Crippen LogP contribution in [0, 0.1) is 5.41 Å². The lowest BCUT2D eigenvalue weighted by molar-refractivity contribution is 0.383. The molecule has 1 aliphatic carbocycles. The fourth-order valence-electron chi connectivity index (χ4n) is 3.58. The summed E-state index contributed by atoms with van der Waals surface area (Å²) in [6, 6.07) is 4.10. The van der Waals surface area contributed by atoms with Gasteiger partial charge < -0.3 is 0 Å². The minimum absolute atomic E-state index is 0.101. The van der Waals surface area contributed by atoms with Crippen LogP contribution in [-0.4, -0.2) is 14.1 Å². The first-order chi connectivity index (χ1) is 12.8. The zero-order valence-electron chi connectivity index (χ0n) is 18.6. The summed E-state index contributed by atoms with van der Waals surface area (Å²) >= 11 is 0. The maximum Gasteiger partial charge on any atom is 0.277 e. The number of nitrogens with zero attached hydrogens (tertiary/aromatic N) is 1. The molecule has 2 rings (SSSR count). The Morgan fingerprint density at radius 1 is 0.964 bits per heavy atom. The molecule has 0 radical (unpaired) electrons. The van der Waals surface area contributed by atoms with Crippen LogP contribution in [0.3, 0.4) is 0 Å². The summed E-state index contributed by atoms with van der Waals surface area (Å²) in [7, 11) is -3.76. The molecular weight excluding hydrogens is 368 g/mol. The molecule has 0 unspecified atom stereocenters. The summed E-state index contributed by atoms with van der Waals surface area (Å²) in [5.41, 5.74) is 3.78. The van der Waals surface area contributed by atoms with E-state index in [-0.39, 0.29) is 17.3 Å². The number of benzene rings is 1. The zero-order valence-corrected chi connectivity index (χ0v) is 19.4. The molecule has 4 nitrogen and oxygen atoms in total. The average molecular weight is 405 g/mol. The highest BCUT2D eigenvalue weighted by Crippen LogP contribution is 2.35. The van der Waals surface area contributed by atoms with Gasteiger partial charge in [-0.2, -0.15) is 18.4 Å². The molecule has 1 N–H and O–H groups in total. The first kappa shape index (κ1) is 22.7. The third kappa shape index (κ3) is 5.25. The van der Waals surface area contributed by atoms with E-state index in [1.165, 1.54) is 5.56 Å². The van der Waals surface area contributed by atoms with Gasteiger partial charge in [0.1, 0.15) is 0 Å². The topological polar surface area (TPSA) is 58.5 Å². The molecule has 0 amide bonds. The van der Waals surface area contributed by atoms with E-state index in [2.05, 4.69) is 43.7 Å². The second-order valence-corrected chi connectivity index (χ2v) is 11.2. The minimum Gasteiger partial charge on any atom is -0.200 e. The van der Waals surface area contributed by atoms with Crippen molar-refractivity contribution >= 4 is 15.7 Å². The Bertz CT molecular complexity index is 847. The lowest BCUT2D eigenvalue weighted by Gasteiger charge is -2.26. The van der Waals surface area contributed by atoms with Crippen molar-refractivity contribution in [1.82, 2.24) is 4.83 Å². The molecule has 28 heavy (non-hydrogen) atoms. The van der Waals surface area contributed by atoms with Gasteiger partial charge in [0, 0.05) is 0 Å². The van der Waals surface area contributed by atoms with Crippen LogP contribution in [0.2, 0.25) is 0 Å². The predicted octanol–water partition coefficient (Wildman–Crippen LogP) is 6.07. The van der Waals surface area contributed by atoms with Gasteiger partial charge in [-0.05, 0) is 58.8 Å². The predicted molar refractivity (Wildman–Crippen MR) is 119 cm³/mol. The fourth-order valence-corrected chi connectivity index (χ4v) is 5.12. The number of rotatable bonds is 6. The Hall–Kier alpha value is -1.62. The summed E-state index contributed by atoms with van der Waals surface area (Å²) in [5, 5.41) is 4.28. The van der Waals surface area contributed by atoms with Gasteiger partial charge in [0.15, 0.2) is 0 Å². The van der Waals surface area contributed by atoms with E-state index in [9.17, 15) is 8.42 Å². The van der Waals surface area contributed by atoms with Gasteiger partial charge in [-0.3, -0.25) is 0 Å². The highest BCUT2D eigenvalue weighted by atomic mass is 32.2. The maximum absolute atomic E-state index is 13.3. The fraction of sp³-hybridized carbons (Fsp3) is 0.609. The SMILES string of the molecule is CC(C)c1cc(C(C)C)c(S(=O)(=O)N/N=C2\C=CCC(C)(C)C2)c(C(C)C)c1. The third-order valence-electron chi connectivity index (χ3n) is 5.30. The van der Waals surface area contributed by atoms with Gasteiger partial charge in [-0.25, -0.2) is 0 Å². The van der Waals surface area contributed by atoms with Gasteiger partial charge >= 0.3 is 0 Å². The van der Waals surface area contributed by atoms with E-state index in [4.69, 9.17) is 0 Å². The van der Waals surface area contributed by atoms with Crippen LogP contribution >= 0.6 is 0 Å². The van der Waals surface area contributed by atoms with Crippen LogP contribution in [0.4, 0.5) is 0 Å². The van der Waals surface area contributed by atoms with Crippen molar-refractivity contribution in [3.8, 4) is 0 Å². The van der Waals surface area contributed by atoms with Gasteiger partial charge in [0.2, 0.25) is 0 Å². The molecule has 1 aromatic rings. The summed E-state index contributed by atoms with van der Waals surface area (Å²) in [5.74, 6) is 0.544. The summed E-state index contributed by atoms with van der Waals surface area (Å²) in [6.07, 6.45) is 5.71. The molecule has 0 spiro atoms. The molecule has 1 aliphatic rings. The standard InChI is InChI=1S/C23H36N2O2S/c1-15(2)18-12-20(16(3)4)22(21(13-18)17(5)6)28(26,27)25-24-19-10-9-11-23(7,8)14-19/h9-10,12-13,15-17,25H,11,14H2,1-8H3/b24-19+. The molecule has 0 aromatic heterocycles. The largest absolute Gasteiger partial charge is 0.277 e. The summed E-state index contributed by atoms with van der Waals surface area (Å²) < 4.78 is 26.7. The van der Waals surface area contributed by atoms with Gasteiger partial charge in [-0.15, -0.1) is 0 Å². The van der Waals surface area contributed by atoms with Crippen molar-refractivity contribution in [3.05, 3.63) is 41.0 Å². The lowest BCUT2D eigenvalue weighted by Crippen LogP contribution is -2.26. The third-order valence-corrected chi connectivity index (χ3v) is 6.64. The van der Waals surface area contributed by atoms with Crippen molar-refractivity contribution in [1.29, 1.82) is 0 Å².